The molecule has 0 fully saturated rings. The molecule has 0 saturated heterocycles. The molecule has 1 aliphatic rings. The maximum Gasteiger partial charge on any atom is 0.276 e. The summed E-state index contributed by atoms with van der Waals surface area (Å²) in [5, 5.41) is 12.4. The summed E-state index contributed by atoms with van der Waals surface area (Å²) >= 11 is 0. The number of nitrogens with zero attached hydrogens (tertiary/aromatic N) is 1. The largest absolute Gasteiger partial charge is 0.491 e. The summed E-state index contributed by atoms with van der Waals surface area (Å²) in [5.74, 6) is -2.78. The van der Waals surface area contributed by atoms with Gasteiger partial charge in [-0.2, -0.15) is 5.10 Å². The lowest BCUT2D eigenvalue weighted by atomic mass is 10.1. The van der Waals surface area contributed by atoms with Gasteiger partial charge in [0.2, 0.25) is 0 Å². The Morgan fingerprint density at radius 3 is 2.70 bits per heavy atom. The molecule has 1 aromatic carbocycles. The first-order chi connectivity index (χ1) is 10.6. The quantitative estimate of drug-likeness (QED) is 0.796. The Balaban J connectivity index is 0.00000192. The highest BCUT2D eigenvalue weighted by Gasteiger charge is 2.22. The summed E-state index contributed by atoms with van der Waals surface area (Å²) in [7, 11) is 1.17. The fraction of sp³-hybridized carbons (Fsp3) is 0.286. The van der Waals surface area contributed by atoms with Crippen molar-refractivity contribution in [2.24, 2.45) is 0 Å². The van der Waals surface area contributed by atoms with E-state index in [1.165, 1.54) is 7.11 Å². The highest BCUT2D eigenvalue weighted by Crippen LogP contribution is 2.26. The zero-order valence-electron chi connectivity index (χ0n) is 12.2. The van der Waals surface area contributed by atoms with Crippen LogP contribution >= 0.6 is 12.4 Å². The number of carbonyl (C=O) groups excluding carboxylic acids is 1. The van der Waals surface area contributed by atoms with Crippen LogP contribution in [0.15, 0.2) is 12.1 Å². The summed E-state index contributed by atoms with van der Waals surface area (Å²) in [6, 6.07) is 1.99. The highest BCUT2D eigenvalue weighted by molar-refractivity contribution is 6.04. The van der Waals surface area contributed by atoms with Crippen molar-refractivity contribution in [2.45, 2.75) is 13.0 Å². The molecule has 3 N–H and O–H groups in total. The van der Waals surface area contributed by atoms with E-state index in [-0.39, 0.29) is 23.8 Å². The van der Waals surface area contributed by atoms with E-state index in [0.29, 0.717) is 6.54 Å². The Morgan fingerprint density at radius 2 is 2.04 bits per heavy atom. The van der Waals surface area contributed by atoms with Crippen molar-refractivity contribution in [3.05, 3.63) is 40.7 Å². The lowest BCUT2D eigenvalue weighted by Crippen LogP contribution is -2.25. The average molecular weight is 345 g/mol. The summed E-state index contributed by atoms with van der Waals surface area (Å²) in [6.45, 7) is 1.34. The van der Waals surface area contributed by atoms with Crippen molar-refractivity contribution in [1.29, 1.82) is 0 Å². The van der Waals surface area contributed by atoms with E-state index in [4.69, 9.17) is 0 Å². The molecule has 2 heterocycles. The standard InChI is InChI=1S/C14H14F2N4O2.ClH/c1-22-13-9(15)4-7(5-10(13)16)18-14(21)12-8-6-17-3-2-11(8)19-20-12;/h4-5,17H,2-3,6H2,1H3,(H,18,21)(H,19,20);1H. The van der Waals surface area contributed by atoms with Gasteiger partial charge >= 0.3 is 0 Å². The number of fused-ring (bicyclic) bond motifs is 1. The number of rotatable bonds is 3. The minimum absolute atomic E-state index is 0. The second-order valence-corrected chi connectivity index (χ2v) is 4.88. The van der Waals surface area contributed by atoms with E-state index in [0.717, 1.165) is 36.4 Å². The first-order valence-corrected chi connectivity index (χ1v) is 6.71. The van der Waals surface area contributed by atoms with Crippen LogP contribution in [0.3, 0.4) is 0 Å². The van der Waals surface area contributed by atoms with Gasteiger partial charge in [-0.25, -0.2) is 8.78 Å². The van der Waals surface area contributed by atoms with Gasteiger partial charge in [0.1, 0.15) is 0 Å². The third-order valence-corrected chi connectivity index (χ3v) is 3.48. The van der Waals surface area contributed by atoms with Crippen molar-refractivity contribution in [3.8, 4) is 5.75 Å². The lowest BCUT2D eigenvalue weighted by molar-refractivity contribution is 0.102. The average Bonchev–Trinajstić information content (AvgIpc) is 2.91. The van der Waals surface area contributed by atoms with Crippen molar-refractivity contribution in [1.82, 2.24) is 15.5 Å². The van der Waals surface area contributed by atoms with Crippen LogP contribution in [0.25, 0.3) is 0 Å². The van der Waals surface area contributed by atoms with Gasteiger partial charge in [0.15, 0.2) is 23.1 Å². The third kappa shape index (κ3) is 3.27. The number of amides is 1. The molecule has 2 aromatic rings. The van der Waals surface area contributed by atoms with Crippen molar-refractivity contribution >= 4 is 24.0 Å². The number of halogens is 3. The summed E-state index contributed by atoms with van der Waals surface area (Å²) in [5.41, 5.74) is 1.90. The number of aromatic amines is 1. The highest BCUT2D eigenvalue weighted by atomic mass is 35.5. The molecule has 1 amide bonds. The minimum atomic E-state index is -0.886. The second-order valence-electron chi connectivity index (χ2n) is 4.88. The molecule has 0 aliphatic carbocycles. The predicted octanol–water partition coefficient (Wildman–Crippen LogP) is 2.02. The van der Waals surface area contributed by atoms with E-state index >= 15 is 0 Å². The molecule has 0 radical (unpaired) electrons. The fourth-order valence-electron chi connectivity index (χ4n) is 2.43. The van der Waals surface area contributed by atoms with Crippen molar-refractivity contribution in [2.75, 3.05) is 19.0 Å². The van der Waals surface area contributed by atoms with Crippen LogP contribution in [-0.2, 0) is 13.0 Å². The van der Waals surface area contributed by atoms with Crippen LogP contribution < -0.4 is 15.4 Å². The molecule has 124 valence electrons. The first kappa shape index (κ1) is 17.2. The monoisotopic (exact) mass is 344 g/mol. The van der Waals surface area contributed by atoms with Gasteiger partial charge in [-0.1, -0.05) is 0 Å². The van der Waals surface area contributed by atoms with Gasteiger partial charge < -0.3 is 15.4 Å². The van der Waals surface area contributed by atoms with Crippen molar-refractivity contribution in [3.63, 3.8) is 0 Å². The van der Waals surface area contributed by atoms with Crippen LogP contribution in [0.2, 0.25) is 0 Å². The molecule has 6 nitrogen and oxygen atoms in total. The van der Waals surface area contributed by atoms with Crippen LogP contribution in [0, 0.1) is 11.6 Å². The maximum absolute atomic E-state index is 13.6. The van der Waals surface area contributed by atoms with E-state index < -0.39 is 23.3 Å². The number of nitrogens with one attached hydrogen (secondary N) is 3. The number of methoxy groups -OCH3 is 1. The molecular formula is C14H15ClF2N4O2. The number of anilines is 1. The van der Waals surface area contributed by atoms with Gasteiger partial charge in [0.25, 0.3) is 5.91 Å². The number of hydrogen-bond donors (Lipinski definition) is 3. The molecule has 0 spiro atoms. The second kappa shape index (κ2) is 6.93. The number of hydrogen-bond acceptors (Lipinski definition) is 4. The number of aromatic nitrogens is 2. The number of ether oxygens (including phenoxy) is 1. The zero-order valence-corrected chi connectivity index (χ0v) is 13.0. The fourth-order valence-corrected chi connectivity index (χ4v) is 2.43. The van der Waals surface area contributed by atoms with Crippen LogP contribution in [-0.4, -0.2) is 29.8 Å². The van der Waals surface area contributed by atoms with Gasteiger partial charge in [-0.3, -0.25) is 9.89 Å². The molecule has 9 heteroatoms. The minimum Gasteiger partial charge on any atom is -0.491 e. The molecule has 0 bridgehead atoms. The summed E-state index contributed by atoms with van der Waals surface area (Å²) in [6.07, 6.45) is 0.751. The smallest absolute Gasteiger partial charge is 0.276 e. The van der Waals surface area contributed by atoms with E-state index in [1.54, 1.807) is 0 Å². The number of carbonyl (C=O) groups is 1. The Hall–Kier alpha value is -2.19. The van der Waals surface area contributed by atoms with Crippen LogP contribution in [0.4, 0.5) is 14.5 Å². The molecular weight excluding hydrogens is 330 g/mol. The number of H-pyrrole nitrogens is 1. The molecule has 1 aromatic heterocycles. The van der Waals surface area contributed by atoms with Crippen LogP contribution in [0.1, 0.15) is 21.7 Å². The molecule has 23 heavy (non-hydrogen) atoms. The van der Waals surface area contributed by atoms with Crippen LogP contribution in [0.5, 0.6) is 5.75 Å². The summed E-state index contributed by atoms with van der Waals surface area (Å²) in [4.78, 5) is 12.2. The molecule has 0 unspecified atom stereocenters. The molecule has 3 rings (SSSR count). The van der Waals surface area contributed by atoms with Gasteiger partial charge in [-0.05, 0) is 0 Å². The third-order valence-electron chi connectivity index (χ3n) is 3.48. The van der Waals surface area contributed by atoms with E-state index in [1.807, 2.05) is 0 Å². The van der Waals surface area contributed by atoms with Gasteiger partial charge in [0, 0.05) is 48.6 Å². The Kier molecular flexibility index (Phi) is 5.17. The maximum atomic E-state index is 13.6. The normalized spacial score (nSPS) is 13.0. The Morgan fingerprint density at radius 1 is 1.35 bits per heavy atom. The number of benzene rings is 1. The van der Waals surface area contributed by atoms with Crippen molar-refractivity contribution < 1.29 is 18.3 Å². The first-order valence-electron chi connectivity index (χ1n) is 6.71. The van der Waals surface area contributed by atoms with Gasteiger partial charge in [0.05, 0.1) is 7.11 Å². The van der Waals surface area contributed by atoms with E-state index in [2.05, 4.69) is 25.6 Å². The van der Waals surface area contributed by atoms with Gasteiger partial charge in [-0.15, -0.1) is 12.4 Å². The molecule has 1 aliphatic heterocycles. The molecule has 0 saturated carbocycles. The predicted molar refractivity (Wildman–Crippen MR) is 82.1 cm³/mol. The topological polar surface area (TPSA) is 79.0 Å². The SMILES string of the molecule is COc1c(F)cc(NC(=O)c2n[nH]c3c2CNCC3)cc1F.Cl. The Labute approximate surface area is 137 Å². The van der Waals surface area contributed by atoms with E-state index in [9.17, 15) is 13.6 Å². The Bertz CT molecular complexity index is 713. The summed E-state index contributed by atoms with van der Waals surface area (Å²) < 4.78 is 31.9. The molecule has 0 atom stereocenters. The zero-order chi connectivity index (χ0) is 15.7. The lowest BCUT2D eigenvalue weighted by Gasteiger charge is -2.13.